The average molecular weight is 442 g/mol. The van der Waals surface area contributed by atoms with Gasteiger partial charge in [0.25, 0.3) is 0 Å². The normalized spacial score (nSPS) is 15.1. The number of piperidine rings is 1. The molecular weight excluding hydrogens is 414 g/mol. The Morgan fingerprint density at radius 3 is 2.67 bits per heavy atom. The quantitative estimate of drug-likeness (QED) is 0.422. The molecule has 5 rings (SSSR count). The van der Waals surface area contributed by atoms with Crippen LogP contribution in [-0.2, 0) is 13.5 Å². The lowest BCUT2D eigenvalue weighted by atomic mass is 10.0. The molecule has 1 fully saturated rings. The molecule has 0 bridgehead atoms. The Kier molecular flexibility index (Phi) is 5.88. The molecule has 0 amide bonds. The third-order valence-electron chi connectivity index (χ3n) is 6.13. The Labute approximate surface area is 193 Å². The summed E-state index contributed by atoms with van der Waals surface area (Å²) in [7, 11) is 4.02. The first kappa shape index (κ1) is 21.3. The van der Waals surface area contributed by atoms with Crippen LogP contribution in [0.1, 0.15) is 28.9 Å². The zero-order valence-electron chi connectivity index (χ0n) is 18.9. The van der Waals surface area contributed by atoms with Crippen LogP contribution in [0.3, 0.4) is 0 Å². The highest BCUT2D eigenvalue weighted by Gasteiger charge is 2.18. The summed E-state index contributed by atoms with van der Waals surface area (Å²) in [6, 6.07) is 11.5. The third kappa shape index (κ3) is 4.93. The van der Waals surface area contributed by atoms with Crippen LogP contribution in [0.25, 0.3) is 22.0 Å². The number of carbonyl (C=O) groups is 1. The van der Waals surface area contributed by atoms with E-state index in [2.05, 4.69) is 33.1 Å². The van der Waals surface area contributed by atoms with Gasteiger partial charge >= 0.3 is 0 Å². The van der Waals surface area contributed by atoms with Crippen LogP contribution in [0.2, 0.25) is 0 Å². The van der Waals surface area contributed by atoms with Crippen LogP contribution in [0.15, 0.2) is 61.2 Å². The molecule has 1 aliphatic heterocycles. The first-order valence-corrected chi connectivity index (χ1v) is 11.3. The van der Waals surface area contributed by atoms with Gasteiger partial charge in [0.15, 0.2) is 5.78 Å². The molecule has 3 aromatic heterocycles. The van der Waals surface area contributed by atoms with Crippen LogP contribution >= 0.6 is 0 Å². The first-order chi connectivity index (χ1) is 16.0. The molecule has 0 aliphatic carbocycles. The molecule has 0 N–H and O–H groups in total. The van der Waals surface area contributed by atoms with Crippen LogP contribution < -0.4 is 4.74 Å². The first-order valence-electron chi connectivity index (χ1n) is 11.3. The number of Topliss-reactive ketones (excluding diaryl/α,β-unsaturated/α-hetero) is 1. The monoisotopic (exact) mass is 441 g/mol. The van der Waals surface area contributed by atoms with Gasteiger partial charge in [0.1, 0.15) is 11.9 Å². The van der Waals surface area contributed by atoms with Gasteiger partial charge in [0.05, 0.1) is 24.3 Å². The number of nitrogens with zero attached hydrogens (tertiary/aromatic N) is 5. The second kappa shape index (κ2) is 9.11. The Hall–Kier alpha value is -3.58. The molecule has 1 saturated heterocycles. The van der Waals surface area contributed by atoms with E-state index in [9.17, 15) is 4.79 Å². The molecule has 0 unspecified atom stereocenters. The van der Waals surface area contributed by atoms with Gasteiger partial charge in [0, 0.05) is 60.3 Å². The van der Waals surface area contributed by atoms with E-state index < -0.39 is 0 Å². The number of aryl methyl sites for hydroxylation is 1. The molecule has 1 aromatic carbocycles. The number of aromatic nitrogens is 4. The van der Waals surface area contributed by atoms with Gasteiger partial charge in [-0.25, -0.2) is 0 Å². The lowest BCUT2D eigenvalue weighted by Gasteiger charge is -2.29. The van der Waals surface area contributed by atoms with Crippen LogP contribution in [-0.4, -0.2) is 56.7 Å². The maximum absolute atomic E-state index is 13.0. The van der Waals surface area contributed by atoms with Crippen LogP contribution in [0.5, 0.6) is 5.75 Å². The number of pyridine rings is 2. The third-order valence-corrected chi connectivity index (χ3v) is 6.13. The molecule has 168 valence electrons. The predicted octanol–water partition coefficient (Wildman–Crippen LogP) is 3.93. The van der Waals surface area contributed by atoms with Crippen molar-refractivity contribution in [3.8, 4) is 16.9 Å². The SMILES string of the molecule is CN1CCC(Oc2cccc(C(=O)Cc3cc4cc(-c5cnn(C)c5)cnc4cn3)c2)CC1. The lowest BCUT2D eigenvalue weighted by Crippen LogP contribution is -2.35. The maximum Gasteiger partial charge on any atom is 0.168 e. The highest BCUT2D eigenvalue weighted by molar-refractivity contribution is 5.98. The molecule has 0 spiro atoms. The summed E-state index contributed by atoms with van der Waals surface area (Å²) in [5, 5.41) is 5.18. The number of hydrogen-bond donors (Lipinski definition) is 0. The van der Waals surface area contributed by atoms with Crippen molar-refractivity contribution in [2.75, 3.05) is 20.1 Å². The summed E-state index contributed by atoms with van der Waals surface area (Å²) in [4.78, 5) is 24.3. The van der Waals surface area contributed by atoms with Crippen molar-refractivity contribution in [2.45, 2.75) is 25.4 Å². The van der Waals surface area contributed by atoms with Crippen molar-refractivity contribution in [3.63, 3.8) is 0 Å². The predicted molar refractivity (Wildman–Crippen MR) is 127 cm³/mol. The second-order valence-corrected chi connectivity index (χ2v) is 8.74. The lowest BCUT2D eigenvalue weighted by molar-refractivity contribution is 0.0988. The molecule has 0 radical (unpaired) electrons. The number of ketones is 1. The van der Waals surface area contributed by atoms with E-state index in [0.717, 1.165) is 59.4 Å². The highest BCUT2D eigenvalue weighted by atomic mass is 16.5. The van der Waals surface area contributed by atoms with Crippen molar-refractivity contribution in [1.29, 1.82) is 0 Å². The van der Waals surface area contributed by atoms with Gasteiger partial charge in [-0.2, -0.15) is 5.10 Å². The summed E-state index contributed by atoms with van der Waals surface area (Å²) in [5.74, 6) is 0.777. The number of rotatable bonds is 6. The van der Waals surface area contributed by atoms with E-state index in [1.165, 1.54) is 0 Å². The van der Waals surface area contributed by atoms with Gasteiger partial charge in [-0.15, -0.1) is 0 Å². The fourth-order valence-electron chi connectivity index (χ4n) is 4.21. The zero-order chi connectivity index (χ0) is 22.8. The number of hydrogen-bond acceptors (Lipinski definition) is 6. The number of carbonyl (C=O) groups excluding carboxylic acids is 1. The summed E-state index contributed by atoms with van der Waals surface area (Å²) in [5.41, 5.74) is 4.15. The second-order valence-electron chi connectivity index (χ2n) is 8.74. The van der Waals surface area contributed by atoms with Crippen molar-refractivity contribution < 1.29 is 9.53 Å². The molecule has 1 aliphatic rings. The van der Waals surface area contributed by atoms with E-state index in [0.29, 0.717) is 5.56 Å². The largest absolute Gasteiger partial charge is 0.490 e. The fraction of sp³-hybridized carbons (Fsp3) is 0.308. The Morgan fingerprint density at radius 1 is 1.03 bits per heavy atom. The molecule has 7 nitrogen and oxygen atoms in total. The van der Waals surface area contributed by atoms with Crippen molar-refractivity contribution in [3.05, 3.63) is 72.4 Å². The maximum atomic E-state index is 13.0. The summed E-state index contributed by atoms with van der Waals surface area (Å²) >= 11 is 0. The molecule has 4 aromatic rings. The minimum absolute atomic E-state index is 0.0204. The number of likely N-dealkylation sites (tertiary alicyclic amines) is 1. The van der Waals surface area contributed by atoms with Crippen LogP contribution in [0.4, 0.5) is 0 Å². The average Bonchev–Trinajstić information content (AvgIpc) is 3.26. The molecular formula is C26H27N5O2. The molecule has 0 saturated carbocycles. The van der Waals surface area contributed by atoms with Crippen LogP contribution in [0, 0.1) is 0 Å². The molecule has 7 heteroatoms. The Balaban J connectivity index is 1.31. The van der Waals surface area contributed by atoms with E-state index in [4.69, 9.17) is 4.74 Å². The topological polar surface area (TPSA) is 73.1 Å². The van der Waals surface area contributed by atoms with E-state index in [1.54, 1.807) is 10.9 Å². The smallest absolute Gasteiger partial charge is 0.168 e. The molecule has 0 atom stereocenters. The zero-order valence-corrected chi connectivity index (χ0v) is 18.9. The van der Waals surface area contributed by atoms with Gasteiger partial charge in [-0.05, 0) is 44.2 Å². The standard InChI is InChI=1S/C26H27N5O2/c1-30-8-6-23(7-9-30)33-24-5-3-4-18(12-24)26(32)13-22-11-19-10-20(14-28-25(19)16-27-22)21-15-29-31(2)17-21/h3-5,10-12,14-17,23H,6-9,13H2,1-2H3. The Morgan fingerprint density at radius 2 is 1.88 bits per heavy atom. The number of fused-ring (bicyclic) bond motifs is 1. The van der Waals surface area contributed by atoms with Gasteiger partial charge in [-0.3, -0.25) is 19.4 Å². The van der Waals surface area contributed by atoms with Crippen molar-refractivity contribution in [1.82, 2.24) is 24.6 Å². The minimum atomic E-state index is 0.0204. The van der Waals surface area contributed by atoms with Crippen molar-refractivity contribution >= 4 is 16.7 Å². The summed E-state index contributed by atoms with van der Waals surface area (Å²) in [6.45, 7) is 2.07. The summed E-state index contributed by atoms with van der Waals surface area (Å²) < 4.78 is 7.91. The van der Waals surface area contributed by atoms with Crippen molar-refractivity contribution in [2.24, 2.45) is 7.05 Å². The molecule has 33 heavy (non-hydrogen) atoms. The number of benzene rings is 1. The van der Waals surface area contributed by atoms with E-state index in [-0.39, 0.29) is 18.3 Å². The highest BCUT2D eigenvalue weighted by Crippen LogP contribution is 2.24. The van der Waals surface area contributed by atoms with E-state index >= 15 is 0 Å². The van der Waals surface area contributed by atoms with Gasteiger partial charge < -0.3 is 9.64 Å². The number of ether oxygens (including phenoxy) is 1. The van der Waals surface area contributed by atoms with Gasteiger partial charge in [-0.1, -0.05) is 12.1 Å². The van der Waals surface area contributed by atoms with E-state index in [1.807, 2.05) is 56.0 Å². The Bertz CT molecular complexity index is 1290. The summed E-state index contributed by atoms with van der Waals surface area (Å²) in [6.07, 6.45) is 9.76. The molecule has 4 heterocycles. The fourth-order valence-corrected chi connectivity index (χ4v) is 4.21. The van der Waals surface area contributed by atoms with Gasteiger partial charge in [0.2, 0.25) is 0 Å². The minimum Gasteiger partial charge on any atom is -0.490 e.